The molecule has 5 heterocycles. The number of H-pyrrole nitrogens is 1. The first-order chi connectivity index (χ1) is 17.4. The SMILES string of the molecule is C=CC(=O)Nc1cc(C(=O)Nc2cc(-c3cc4c([nH]3)C3(CCCNC3)CNC4=O)ccn2)cnc1F. The van der Waals surface area contributed by atoms with E-state index in [2.05, 4.69) is 42.8 Å². The molecule has 36 heavy (non-hydrogen) atoms. The second-order valence-electron chi connectivity index (χ2n) is 8.85. The van der Waals surface area contributed by atoms with Crippen molar-refractivity contribution in [3.05, 3.63) is 72.1 Å². The molecule has 0 saturated carbocycles. The van der Waals surface area contributed by atoms with Crippen molar-refractivity contribution >= 4 is 29.2 Å². The van der Waals surface area contributed by atoms with E-state index in [1.807, 2.05) is 6.07 Å². The van der Waals surface area contributed by atoms with Gasteiger partial charge in [-0.2, -0.15) is 4.39 Å². The molecular formula is C25H24FN7O3. The van der Waals surface area contributed by atoms with Crippen molar-refractivity contribution in [2.45, 2.75) is 18.3 Å². The van der Waals surface area contributed by atoms with Crippen LogP contribution in [0.15, 0.2) is 49.3 Å². The summed E-state index contributed by atoms with van der Waals surface area (Å²) in [5.41, 5.74) is 2.61. The fourth-order valence-electron chi connectivity index (χ4n) is 4.67. The highest BCUT2D eigenvalue weighted by atomic mass is 19.1. The summed E-state index contributed by atoms with van der Waals surface area (Å²) in [5.74, 6) is -2.00. The summed E-state index contributed by atoms with van der Waals surface area (Å²) in [6, 6.07) is 6.45. The molecule has 1 spiro atoms. The number of aromatic amines is 1. The van der Waals surface area contributed by atoms with E-state index in [4.69, 9.17) is 0 Å². The summed E-state index contributed by atoms with van der Waals surface area (Å²) in [6.07, 6.45) is 5.57. The average molecular weight is 490 g/mol. The van der Waals surface area contributed by atoms with E-state index < -0.39 is 17.8 Å². The van der Waals surface area contributed by atoms with E-state index >= 15 is 0 Å². The van der Waals surface area contributed by atoms with E-state index in [9.17, 15) is 18.8 Å². The van der Waals surface area contributed by atoms with Gasteiger partial charge in [0.25, 0.3) is 11.8 Å². The number of hydrogen-bond acceptors (Lipinski definition) is 6. The van der Waals surface area contributed by atoms with Crippen LogP contribution in [0.2, 0.25) is 0 Å². The molecule has 3 aromatic rings. The van der Waals surface area contributed by atoms with Gasteiger partial charge in [0.05, 0.1) is 16.8 Å². The molecular weight excluding hydrogens is 465 g/mol. The van der Waals surface area contributed by atoms with Crippen LogP contribution in [0.5, 0.6) is 0 Å². The molecule has 1 fully saturated rings. The molecule has 5 N–H and O–H groups in total. The zero-order valence-electron chi connectivity index (χ0n) is 19.3. The Bertz CT molecular complexity index is 1380. The van der Waals surface area contributed by atoms with Gasteiger partial charge in [-0.25, -0.2) is 9.97 Å². The highest BCUT2D eigenvalue weighted by Crippen LogP contribution is 2.37. The molecule has 2 aliphatic heterocycles. The molecule has 0 aliphatic carbocycles. The van der Waals surface area contributed by atoms with Gasteiger partial charge in [0.15, 0.2) is 0 Å². The fourth-order valence-corrected chi connectivity index (χ4v) is 4.67. The molecule has 1 unspecified atom stereocenters. The minimum atomic E-state index is -0.924. The molecule has 0 radical (unpaired) electrons. The molecule has 5 rings (SSSR count). The van der Waals surface area contributed by atoms with Gasteiger partial charge < -0.3 is 26.3 Å². The second-order valence-corrected chi connectivity index (χ2v) is 8.85. The molecule has 11 heteroatoms. The standard InChI is InChI=1S/C25H24FN7O3/c1-2-20(34)31-18-8-15(11-29-22(18)26)23(35)33-19-9-14(4-7-28-19)17-10-16-21(32-17)25(13-30-24(16)36)5-3-6-27-12-25/h2,4,7-11,27,32H,1,3,5-6,12-13H2,(H,30,36)(H,31,34)(H,28,33,35). The van der Waals surface area contributed by atoms with Gasteiger partial charge >= 0.3 is 0 Å². The smallest absolute Gasteiger partial charge is 0.258 e. The molecule has 184 valence electrons. The number of hydrogen-bond donors (Lipinski definition) is 5. The first kappa shape index (κ1) is 23.4. The number of carbonyl (C=O) groups is 3. The van der Waals surface area contributed by atoms with E-state index in [1.165, 1.54) is 6.07 Å². The van der Waals surface area contributed by atoms with Crippen molar-refractivity contribution < 1.29 is 18.8 Å². The van der Waals surface area contributed by atoms with Crippen LogP contribution >= 0.6 is 0 Å². The van der Waals surface area contributed by atoms with Gasteiger partial charge in [-0.1, -0.05) is 6.58 Å². The third-order valence-electron chi connectivity index (χ3n) is 6.51. The summed E-state index contributed by atoms with van der Waals surface area (Å²) >= 11 is 0. The third kappa shape index (κ3) is 4.36. The number of fused-ring (bicyclic) bond motifs is 2. The zero-order valence-corrected chi connectivity index (χ0v) is 19.3. The Morgan fingerprint density at radius 1 is 1.17 bits per heavy atom. The first-order valence-electron chi connectivity index (χ1n) is 11.5. The predicted octanol–water partition coefficient (Wildman–Crippen LogP) is 2.35. The van der Waals surface area contributed by atoms with Crippen molar-refractivity contribution in [2.24, 2.45) is 0 Å². The fraction of sp³-hybridized carbons (Fsp3) is 0.240. The minimum Gasteiger partial charge on any atom is -0.357 e. The van der Waals surface area contributed by atoms with Gasteiger partial charge in [0.2, 0.25) is 11.9 Å². The Morgan fingerprint density at radius 2 is 2.03 bits per heavy atom. The van der Waals surface area contributed by atoms with Gasteiger partial charge in [-0.3, -0.25) is 14.4 Å². The van der Waals surface area contributed by atoms with Gasteiger partial charge in [-0.15, -0.1) is 0 Å². The number of amides is 3. The summed E-state index contributed by atoms with van der Waals surface area (Å²) in [6.45, 7) is 5.62. The average Bonchev–Trinajstić information content (AvgIpc) is 3.36. The van der Waals surface area contributed by atoms with Gasteiger partial charge in [0.1, 0.15) is 5.82 Å². The first-order valence-corrected chi connectivity index (χ1v) is 11.5. The summed E-state index contributed by atoms with van der Waals surface area (Å²) in [4.78, 5) is 48.0. The van der Waals surface area contributed by atoms with Crippen LogP contribution < -0.4 is 21.3 Å². The Balaban J connectivity index is 1.39. The number of pyridine rings is 2. The van der Waals surface area contributed by atoms with Crippen LogP contribution in [0.1, 0.15) is 39.3 Å². The van der Waals surface area contributed by atoms with Crippen LogP contribution in [0, 0.1) is 5.95 Å². The van der Waals surface area contributed by atoms with Crippen LogP contribution in [0.25, 0.3) is 11.3 Å². The Labute approximate surface area is 205 Å². The summed E-state index contributed by atoms with van der Waals surface area (Å²) in [7, 11) is 0. The highest BCUT2D eigenvalue weighted by Gasteiger charge is 2.42. The van der Waals surface area contributed by atoms with Gasteiger partial charge in [0, 0.05) is 47.8 Å². The summed E-state index contributed by atoms with van der Waals surface area (Å²) < 4.78 is 13.9. The number of halogens is 1. The van der Waals surface area contributed by atoms with Crippen molar-refractivity contribution in [2.75, 3.05) is 30.3 Å². The van der Waals surface area contributed by atoms with Crippen molar-refractivity contribution in [1.82, 2.24) is 25.6 Å². The number of carbonyl (C=O) groups excluding carboxylic acids is 3. The molecule has 3 amide bonds. The maximum Gasteiger partial charge on any atom is 0.258 e. The largest absolute Gasteiger partial charge is 0.357 e. The lowest BCUT2D eigenvalue weighted by Crippen LogP contribution is -2.54. The predicted molar refractivity (Wildman–Crippen MR) is 131 cm³/mol. The maximum atomic E-state index is 13.9. The Morgan fingerprint density at radius 3 is 2.81 bits per heavy atom. The number of nitrogens with zero attached hydrogens (tertiary/aromatic N) is 2. The lowest BCUT2D eigenvalue weighted by atomic mass is 9.74. The number of nitrogens with one attached hydrogen (secondary N) is 5. The molecule has 3 aromatic heterocycles. The van der Waals surface area contributed by atoms with E-state index in [0.29, 0.717) is 12.1 Å². The topological polar surface area (TPSA) is 141 Å². The van der Waals surface area contributed by atoms with Crippen molar-refractivity contribution in [1.29, 1.82) is 0 Å². The van der Waals surface area contributed by atoms with E-state index in [1.54, 1.807) is 18.3 Å². The Kier molecular flexibility index (Phi) is 6.06. The van der Waals surface area contributed by atoms with Crippen LogP contribution in [0.3, 0.4) is 0 Å². The highest BCUT2D eigenvalue weighted by molar-refractivity contribution is 6.05. The lowest BCUT2D eigenvalue weighted by Gasteiger charge is -2.40. The monoisotopic (exact) mass is 489 g/mol. The molecule has 0 bridgehead atoms. The van der Waals surface area contributed by atoms with Crippen LogP contribution in [0.4, 0.5) is 15.9 Å². The van der Waals surface area contributed by atoms with E-state index in [0.717, 1.165) is 55.2 Å². The van der Waals surface area contributed by atoms with Crippen LogP contribution in [-0.2, 0) is 10.2 Å². The van der Waals surface area contributed by atoms with Crippen LogP contribution in [-0.4, -0.2) is 52.3 Å². The van der Waals surface area contributed by atoms with Gasteiger partial charge in [-0.05, 0) is 49.7 Å². The molecule has 2 aliphatic rings. The summed E-state index contributed by atoms with van der Waals surface area (Å²) in [5, 5.41) is 11.4. The number of piperidine rings is 1. The quantitative estimate of drug-likeness (QED) is 0.275. The normalized spacial score (nSPS) is 18.8. The lowest BCUT2D eigenvalue weighted by molar-refractivity contribution is -0.111. The van der Waals surface area contributed by atoms with Crippen molar-refractivity contribution in [3.63, 3.8) is 0 Å². The minimum absolute atomic E-state index is 0.0294. The second kappa shape index (κ2) is 9.34. The molecule has 1 saturated heterocycles. The molecule has 10 nitrogen and oxygen atoms in total. The van der Waals surface area contributed by atoms with Crippen molar-refractivity contribution in [3.8, 4) is 11.3 Å². The third-order valence-corrected chi connectivity index (χ3v) is 6.51. The molecule has 1 atom stereocenters. The maximum absolute atomic E-state index is 13.9. The Hall–Kier alpha value is -4.38. The number of rotatable bonds is 5. The van der Waals surface area contributed by atoms with E-state index in [-0.39, 0.29) is 28.4 Å². The molecule has 0 aromatic carbocycles. The number of aromatic nitrogens is 3. The number of anilines is 2. The zero-order chi connectivity index (χ0) is 25.3.